The Morgan fingerprint density at radius 2 is 1.94 bits per heavy atom. The number of rotatable bonds is 3. The first-order valence-electron chi connectivity index (χ1n) is 4.92. The summed E-state index contributed by atoms with van der Waals surface area (Å²) in [5.74, 6) is -2.13. The molecule has 0 aliphatic carbocycles. The smallest absolute Gasteiger partial charge is 0.416 e. The molecule has 0 saturated carbocycles. The Labute approximate surface area is 100 Å². The fraction of sp³-hybridized carbons (Fsp3) is 0.273. The number of carboxylic acids is 1. The third kappa shape index (κ3) is 3.47. The summed E-state index contributed by atoms with van der Waals surface area (Å²) >= 11 is 0. The summed E-state index contributed by atoms with van der Waals surface area (Å²) in [7, 11) is 0. The first-order valence-corrected chi connectivity index (χ1v) is 4.92. The summed E-state index contributed by atoms with van der Waals surface area (Å²) in [6, 6.07) is 2.59. The molecule has 4 nitrogen and oxygen atoms in total. The van der Waals surface area contributed by atoms with E-state index in [-0.39, 0.29) is 5.56 Å². The van der Waals surface area contributed by atoms with Crippen LogP contribution in [0.1, 0.15) is 22.8 Å². The van der Waals surface area contributed by atoms with E-state index in [4.69, 9.17) is 5.11 Å². The van der Waals surface area contributed by atoms with Gasteiger partial charge in [-0.2, -0.15) is 13.2 Å². The average molecular weight is 261 g/mol. The van der Waals surface area contributed by atoms with E-state index < -0.39 is 29.7 Å². The molecule has 18 heavy (non-hydrogen) atoms. The van der Waals surface area contributed by atoms with Crippen LogP contribution in [-0.2, 0) is 11.0 Å². The maximum atomic E-state index is 12.4. The Hall–Kier alpha value is -2.05. The molecule has 1 atom stereocenters. The molecule has 0 spiro atoms. The van der Waals surface area contributed by atoms with E-state index in [9.17, 15) is 22.8 Å². The molecule has 0 heterocycles. The van der Waals surface area contributed by atoms with Crippen LogP contribution in [0.2, 0.25) is 0 Å². The standard InChI is InChI=1S/C11H10F3NO3/c1-6(10(17)18)15-9(16)7-3-2-4-8(5-7)11(12,13)14/h2-6H,1H3,(H,15,16)(H,17,18)/t6-/m0/s1. The minimum Gasteiger partial charge on any atom is -0.480 e. The van der Waals surface area contributed by atoms with E-state index >= 15 is 0 Å². The van der Waals surface area contributed by atoms with Crippen molar-refractivity contribution in [1.82, 2.24) is 5.32 Å². The number of hydrogen-bond donors (Lipinski definition) is 2. The maximum Gasteiger partial charge on any atom is 0.416 e. The van der Waals surface area contributed by atoms with Crippen molar-refractivity contribution in [1.29, 1.82) is 0 Å². The van der Waals surface area contributed by atoms with Gasteiger partial charge in [-0.05, 0) is 25.1 Å². The molecule has 0 radical (unpaired) electrons. The zero-order valence-electron chi connectivity index (χ0n) is 9.28. The van der Waals surface area contributed by atoms with Gasteiger partial charge in [0.25, 0.3) is 5.91 Å². The molecule has 2 N–H and O–H groups in total. The highest BCUT2D eigenvalue weighted by Crippen LogP contribution is 2.29. The fourth-order valence-corrected chi connectivity index (χ4v) is 1.18. The summed E-state index contributed by atoms with van der Waals surface area (Å²) in [6.45, 7) is 1.22. The predicted molar refractivity (Wildman–Crippen MR) is 56.0 cm³/mol. The summed E-state index contributed by atoms with van der Waals surface area (Å²) in [5.41, 5.74) is -1.20. The van der Waals surface area contributed by atoms with Crippen LogP contribution in [0.15, 0.2) is 24.3 Å². The summed E-state index contributed by atoms with van der Waals surface area (Å²) in [6.07, 6.45) is -4.55. The monoisotopic (exact) mass is 261 g/mol. The lowest BCUT2D eigenvalue weighted by molar-refractivity contribution is -0.139. The molecule has 0 bridgehead atoms. The van der Waals surface area contributed by atoms with Crippen LogP contribution < -0.4 is 5.32 Å². The number of aliphatic carboxylic acids is 1. The Balaban J connectivity index is 2.91. The summed E-state index contributed by atoms with van der Waals surface area (Å²) in [5, 5.41) is 10.6. The fourth-order valence-electron chi connectivity index (χ4n) is 1.18. The SMILES string of the molecule is C[C@H](NC(=O)c1cccc(C(F)(F)F)c1)C(=O)O. The molecule has 7 heteroatoms. The Morgan fingerprint density at radius 1 is 1.33 bits per heavy atom. The van der Waals surface area contributed by atoms with Crippen molar-refractivity contribution in [2.75, 3.05) is 0 Å². The highest BCUT2D eigenvalue weighted by Gasteiger charge is 2.31. The molecular weight excluding hydrogens is 251 g/mol. The Morgan fingerprint density at radius 3 is 2.44 bits per heavy atom. The minimum atomic E-state index is -4.55. The van der Waals surface area contributed by atoms with Crippen molar-refractivity contribution < 1.29 is 27.9 Å². The van der Waals surface area contributed by atoms with Gasteiger partial charge in [0.05, 0.1) is 5.56 Å². The predicted octanol–water partition coefficient (Wildman–Crippen LogP) is 1.91. The van der Waals surface area contributed by atoms with Crippen LogP contribution in [0, 0.1) is 0 Å². The van der Waals surface area contributed by atoms with Gasteiger partial charge in [0.1, 0.15) is 6.04 Å². The Kier molecular flexibility index (Phi) is 3.95. The number of benzene rings is 1. The topological polar surface area (TPSA) is 66.4 Å². The number of hydrogen-bond acceptors (Lipinski definition) is 2. The Bertz CT molecular complexity index is 471. The van der Waals surface area contributed by atoms with Crippen molar-refractivity contribution in [2.45, 2.75) is 19.1 Å². The normalized spacial score (nSPS) is 12.9. The average Bonchev–Trinajstić information content (AvgIpc) is 2.27. The van der Waals surface area contributed by atoms with Crippen LogP contribution in [0.5, 0.6) is 0 Å². The minimum absolute atomic E-state index is 0.238. The molecule has 0 aliphatic rings. The molecule has 0 fully saturated rings. The third-order valence-electron chi connectivity index (χ3n) is 2.17. The van der Waals surface area contributed by atoms with Gasteiger partial charge in [-0.25, -0.2) is 0 Å². The maximum absolute atomic E-state index is 12.4. The molecule has 1 amide bonds. The van der Waals surface area contributed by atoms with Crippen LogP contribution in [0.25, 0.3) is 0 Å². The third-order valence-corrected chi connectivity index (χ3v) is 2.17. The van der Waals surface area contributed by atoms with Crippen LogP contribution in [0.3, 0.4) is 0 Å². The van der Waals surface area contributed by atoms with Crippen molar-refractivity contribution in [2.24, 2.45) is 0 Å². The van der Waals surface area contributed by atoms with E-state index in [2.05, 4.69) is 5.32 Å². The largest absolute Gasteiger partial charge is 0.480 e. The van der Waals surface area contributed by atoms with Gasteiger partial charge in [-0.3, -0.25) is 9.59 Å². The second-order valence-corrected chi connectivity index (χ2v) is 3.61. The van der Waals surface area contributed by atoms with E-state index in [1.165, 1.54) is 13.0 Å². The molecule has 0 aliphatic heterocycles. The first kappa shape index (κ1) is 14.0. The molecule has 1 rings (SSSR count). The van der Waals surface area contributed by atoms with Gasteiger partial charge in [0.2, 0.25) is 0 Å². The van der Waals surface area contributed by atoms with Crippen LogP contribution in [-0.4, -0.2) is 23.0 Å². The van der Waals surface area contributed by atoms with Gasteiger partial charge in [-0.15, -0.1) is 0 Å². The van der Waals surface area contributed by atoms with Gasteiger partial charge >= 0.3 is 12.1 Å². The van der Waals surface area contributed by atoms with Crippen molar-refractivity contribution >= 4 is 11.9 Å². The number of nitrogens with one attached hydrogen (secondary N) is 1. The molecule has 0 aromatic heterocycles. The van der Waals surface area contributed by atoms with Crippen molar-refractivity contribution in [3.05, 3.63) is 35.4 Å². The van der Waals surface area contributed by atoms with Gasteiger partial charge < -0.3 is 10.4 Å². The quantitative estimate of drug-likeness (QED) is 0.873. The lowest BCUT2D eigenvalue weighted by atomic mass is 10.1. The molecule has 1 aromatic rings. The van der Waals surface area contributed by atoms with Crippen molar-refractivity contribution in [3.63, 3.8) is 0 Å². The second-order valence-electron chi connectivity index (χ2n) is 3.61. The molecular formula is C11H10F3NO3. The highest BCUT2D eigenvalue weighted by atomic mass is 19.4. The second kappa shape index (κ2) is 5.07. The number of alkyl halides is 3. The van der Waals surface area contributed by atoms with Gasteiger partial charge in [0, 0.05) is 5.56 Å². The zero-order chi connectivity index (χ0) is 13.9. The van der Waals surface area contributed by atoms with Crippen LogP contribution >= 0.6 is 0 Å². The molecule has 98 valence electrons. The summed E-state index contributed by atoms with van der Waals surface area (Å²) < 4.78 is 37.2. The lowest BCUT2D eigenvalue weighted by Crippen LogP contribution is -2.38. The van der Waals surface area contributed by atoms with Crippen molar-refractivity contribution in [3.8, 4) is 0 Å². The zero-order valence-corrected chi connectivity index (χ0v) is 9.28. The molecule has 1 aromatic carbocycles. The van der Waals surface area contributed by atoms with E-state index in [1.54, 1.807) is 0 Å². The first-order chi connectivity index (χ1) is 8.21. The van der Waals surface area contributed by atoms with E-state index in [1.807, 2.05) is 0 Å². The molecule has 0 unspecified atom stereocenters. The van der Waals surface area contributed by atoms with E-state index in [0.717, 1.165) is 12.1 Å². The summed E-state index contributed by atoms with van der Waals surface area (Å²) in [4.78, 5) is 22.0. The van der Waals surface area contributed by atoms with Gasteiger partial charge in [-0.1, -0.05) is 6.07 Å². The van der Waals surface area contributed by atoms with Gasteiger partial charge in [0.15, 0.2) is 0 Å². The highest BCUT2D eigenvalue weighted by molar-refractivity contribution is 5.96. The number of amides is 1. The number of halogens is 3. The van der Waals surface area contributed by atoms with E-state index in [0.29, 0.717) is 6.07 Å². The number of carbonyl (C=O) groups is 2. The number of carbonyl (C=O) groups excluding carboxylic acids is 1. The number of carboxylic acid groups (broad SMARTS) is 1. The molecule has 0 saturated heterocycles. The lowest BCUT2D eigenvalue weighted by Gasteiger charge is -2.11. The van der Waals surface area contributed by atoms with Crippen LogP contribution in [0.4, 0.5) is 13.2 Å².